The van der Waals surface area contributed by atoms with Crippen molar-refractivity contribution in [2.24, 2.45) is 0 Å². The molecule has 5 heteroatoms. The number of hydrogen-bond acceptors (Lipinski definition) is 3. The summed E-state index contributed by atoms with van der Waals surface area (Å²) in [5.74, 6) is 0.388. The number of carbonyl (C=O) groups excluding carboxylic acids is 2. The smallest absolute Gasteiger partial charge is 0.253 e. The van der Waals surface area contributed by atoms with E-state index in [9.17, 15) is 9.59 Å². The van der Waals surface area contributed by atoms with E-state index in [0.29, 0.717) is 23.4 Å². The summed E-state index contributed by atoms with van der Waals surface area (Å²) >= 11 is 0. The fourth-order valence-corrected chi connectivity index (χ4v) is 1.28. The van der Waals surface area contributed by atoms with E-state index in [0.717, 1.165) is 0 Å². The van der Waals surface area contributed by atoms with Gasteiger partial charge in [-0.15, -0.1) is 0 Å². The predicted molar refractivity (Wildman–Crippen MR) is 60.7 cm³/mol. The van der Waals surface area contributed by atoms with E-state index in [4.69, 9.17) is 4.74 Å². The minimum absolute atomic E-state index is 0.128. The van der Waals surface area contributed by atoms with Crippen LogP contribution in [0.3, 0.4) is 0 Å². The highest BCUT2D eigenvalue weighted by Crippen LogP contribution is 2.25. The quantitative estimate of drug-likeness (QED) is 0.772. The zero-order chi connectivity index (χ0) is 12.1. The summed E-state index contributed by atoms with van der Waals surface area (Å²) in [5.41, 5.74) is 0.973. The average molecular weight is 222 g/mol. The van der Waals surface area contributed by atoms with Crippen LogP contribution >= 0.6 is 0 Å². The lowest BCUT2D eigenvalue weighted by Crippen LogP contribution is -2.21. The number of benzene rings is 1. The van der Waals surface area contributed by atoms with Crippen molar-refractivity contribution in [3.63, 3.8) is 0 Å². The number of hydrogen-bond donors (Lipinski definition) is 1. The lowest BCUT2D eigenvalue weighted by molar-refractivity contribution is -0.105. The van der Waals surface area contributed by atoms with E-state index in [1.165, 1.54) is 12.0 Å². The molecular weight excluding hydrogens is 208 g/mol. The second-order valence-corrected chi connectivity index (χ2v) is 3.38. The average Bonchev–Trinajstić information content (AvgIpc) is 2.28. The number of nitrogens with one attached hydrogen (secondary N) is 1. The van der Waals surface area contributed by atoms with E-state index < -0.39 is 0 Å². The number of nitrogens with zero attached hydrogens (tertiary/aromatic N) is 1. The van der Waals surface area contributed by atoms with Gasteiger partial charge in [-0.3, -0.25) is 9.59 Å². The minimum atomic E-state index is -0.128. The first-order valence-corrected chi connectivity index (χ1v) is 4.70. The molecule has 2 amide bonds. The van der Waals surface area contributed by atoms with Gasteiger partial charge in [-0.1, -0.05) is 0 Å². The van der Waals surface area contributed by atoms with Gasteiger partial charge in [-0.05, 0) is 18.2 Å². The molecule has 0 spiro atoms. The summed E-state index contributed by atoms with van der Waals surface area (Å²) in [6, 6.07) is 4.87. The Morgan fingerprint density at radius 1 is 1.44 bits per heavy atom. The molecule has 1 aromatic rings. The van der Waals surface area contributed by atoms with Gasteiger partial charge < -0.3 is 15.0 Å². The Morgan fingerprint density at radius 3 is 2.62 bits per heavy atom. The largest absolute Gasteiger partial charge is 0.495 e. The third kappa shape index (κ3) is 2.50. The van der Waals surface area contributed by atoms with E-state index in [-0.39, 0.29) is 5.91 Å². The zero-order valence-electron chi connectivity index (χ0n) is 9.48. The standard InChI is InChI=1S/C11H14N2O3/c1-13(2)11(15)8-4-5-10(16-3)9(6-8)12-7-14/h4-7H,1-3H3,(H,12,14). The fourth-order valence-electron chi connectivity index (χ4n) is 1.28. The Balaban J connectivity index is 3.10. The van der Waals surface area contributed by atoms with Gasteiger partial charge in [0.05, 0.1) is 12.8 Å². The molecule has 1 rings (SSSR count). The SMILES string of the molecule is COc1ccc(C(=O)N(C)C)cc1NC=O. The Bertz CT molecular complexity index is 402. The maximum atomic E-state index is 11.7. The number of amides is 2. The summed E-state index contributed by atoms with van der Waals surface area (Å²) in [6.07, 6.45) is 0.543. The van der Waals surface area contributed by atoms with Gasteiger partial charge in [0.1, 0.15) is 5.75 Å². The number of anilines is 1. The summed E-state index contributed by atoms with van der Waals surface area (Å²) in [4.78, 5) is 23.5. The normalized spacial score (nSPS) is 9.44. The predicted octanol–water partition coefficient (Wildman–Crippen LogP) is 0.965. The monoisotopic (exact) mass is 222 g/mol. The van der Waals surface area contributed by atoms with Crippen LogP contribution in [0.25, 0.3) is 0 Å². The highest BCUT2D eigenvalue weighted by atomic mass is 16.5. The number of carbonyl (C=O) groups is 2. The topological polar surface area (TPSA) is 58.6 Å². The minimum Gasteiger partial charge on any atom is -0.495 e. The molecule has 0 fully saturated rings. The van der Waals surface area contributed by atoms with Crippen LogP contribution in [0, 0.1) is 0 Å². The molecule has 0 aromatic heterocycles. The Morgan fingerprint density at radius 2 is 2.12 bits per heavy atom. The Kier molecular flexibility index (Phi) is 3.88. The molecule has 0 atom stereocenters. The van der Waals surface area contributed by atoms with Crippen LogP contribution in [0.1, 0.15) is 10.4 Å². The molecule has 0 aliphatic rings. The molecule has 0 unspecified atom stereocenters. The number of ether oxygens (including phenoxy) is 1. The van der Waals surface area contributed by atoms with Crippen molar-refractivity contribution in [3.8, 4) is 5.75 Å². The van der Waals surface area contributed by atoms with Crippen molar-refractivity contribution in [3.05, 3.63) is 23.8 Å². The first kappa shape index (κ1) is 12.0. The van der Waals surface area contributed by atoms with Crippen molar-refractivity contribution >= 4 is 18.0 Å². The fraction of sp³-hybridized carbons (Fsp3) is 0.273. The molecule has 86 valence electrons. The van der Waals surface area contributed by atoms with Crippen LogP contribution in [0.5, 0.6) is 5.75 Å². The Labute approximate surface area is 94.0 Å². The maximum Gasteiger partial charge on any atom is 0.253 e. The third-order valence-electron chi connectivity index (χ3n) is 2.07. The Hall–Kier alpha value is -2.04. The lowest BCUT2D eigenvalue weighted by Gasteiger charge is -2.12. The van der Waals surface area contributed by atoms with Gasteiger partial charge in [0.15, 0.2) is 0 Å². The summed E-state index contributed by atoms with van der Waals surface area (Å²) in [7, 11) is 4.83. The first-order chi connectivity index (χ1) is 7.60. The highest BCUT2D eigenvalue weighted by Gasteiger charge is 2.11. The lowest BCUT2D eigenvalue weighted by atomic mass is 10.1. The van der Waals surface area contributed by atoms with Crippen LogP contribution in [0.4, 0.5) is 5.69 Å². The molecule has 0 saturated carbocycles. The number of methoxy groups -OCH3 is 1. The molecule has 0 bridgehead atoms. The molecule has 0 aliphatic carbocycles. The van der Waals surface area contributed by atoms with E-state index in [1.54, 1.807) is 32.3 Å². The van der Waals surface area contributed by atoms with E-state index in [2.05, 4.69) is 5.32 Å². The van der Waals surface area contributed by atoms with E-state index >= 15 is 0 Å². The third-order valence-corrected chi connectivity index (χ3v) is 2.07. The van der Waals surface area contributed by atoms with Crippen LogP contribution in [0.2, 0.25) is 0 Å². The first-order valence-electron chi connectivity index (χ1n) is 4.70. The molecule has 0 radical (unpaired) electrons. The highest BCUT2D eigenvalue weighted by molar-refractivity contribution is 5.96. The molecule has 1 aromatic carbocycles. The zero-order valence-corrected chi connectivity index (χ0v) is 9.48. The van der Waals surface area contributed by atoms with Crippen LogP contribution in [0.15, 0.2) is 18.2 Å². The summed E-state index contributed by atoms with van der Waals surface area (Å²) in [6.45, 7) is 0. The second-order valence-electron chi connectivity index (χ2n) is 3.38. The molecule has 1 N–H and O–H groups in total. The second kappa shape index (κ2) is 5.16. The van der Waals surface area contributed by atoms with Gasteiger partial charge in [0.2, 0.25) is 6.41 Å². The summed E-state index contributed by atoms with van der Waals surface area (Å²) < 4.78 is 5.05. The van der Waals surface area contributed by atoms with Crippen molar-refractivity contribution < 1.29 is 14.3 Å². The van der Waals surface area contributed by atoms with Gasteiger partial charge in [0, 0.05) is 19.7 Å². The molecular formula is C11H14N2O3. The maximum absolute atomic E-state index is 11.7. The molecule has 5 nitrogen and oxygen atoms in total. The number of rotatable bonds is 4. The van der Waals surface area contributed by atoms with Gasteiger partial charge in [-0.25, -0.2) is 0 Å². The van der Waals surface area contributed by atoms with Crippen molar-refractivity contribution in [1.82, 2.24) is 4.90 Å². The molecule has 0 heterocycles. The van der Waals surface area contributed by atoms with Crippen LogP contribution in [-0.2, 0) is 4.79 Å². The molecule has 0 saturated heterocycles. The van der Waals surface area contributed by atoms with Crippen LogP contribution < -0.4 is 10.1 Å². The van der Waals surface area contributed by atoms with Gasteiger partial charge in [0.25, 0.3) is 5.91 Å². The molecule has 0 aliphatic heterocycles. The van der Waals surface area contributed by atoms with Gasteiger partial charge in [-0.2, -0.15) is 0 Å². The van der Waals surface area contributed by atoms with Crippen LogP contribution in [-0.4, -0.2) is 38.4 Å². The molecule has 16 heavy (non-hydrogen) atoms. The van der Waals surface area contributed by atoms with Crippen molar-refractivity contribution in [2.45, 2.75) is 0 Å². The van der Waals surface area contributed by atoms with Crippen molar-refractivity contribution in [1.29, 1.82) is 0 Å². The van der Waals surface area contributed by atoms with Crippen molar-refractivity contribution in [2.75, 3.05) is 26.5 Å². The van der Waals surface area contributed by atoms with Gasteiger partial charge >= 0.3 is 0 Å². The summed E-state index contributed by atoms with van der Waals surface area (Å²) in [5, 5.41) is 2.48. The van der Waals surface area contributed by atoms with E-state index in [1.807, 2.05) is 0 Å².